The van der Waals surface area contributed by atoms with E-state index in [4.69, 9.17) is 16.7 Å². The molecule has 2 aromatic carbocycles. The van der Waals surface area contributed by atoms with Crippen molar-refractivity contribution in [1.29, 1.82) is 0 Å². The van der Waals surface area contributed by atoms with Gasteiger partial charge in [0.05, 0.1) is 20.1 Å². The molecule has 1 atom stereocenters. The molecule has 1 unspecified atom stereocenters. The third kappa shape index (κ3) is 3.97. The van der Waals surface area contributed by atoms with E-state index < -0.39 is 10.0 Å². The Kier molecular flexibility index (Phi) is 4.93. The maximum absolute atomic E-state index is 11.4. The standard InChI is InChI=1S/C14H14BrClN2O2S/c1-9(18-13-7-3-6-12(16)14(13)15)10-4-2-5-11(8-10)21(17,19)20/h2-9,18H,1H3,(H2,17,19,20). The van der Waals surface area contributed by atoms with Crippen molar-refractivity contribution in [1.82, 2.24) is 0 Å². The molecule has 0 aromatic heterocycles. The Labute approximate surface area is 137 Å². The molecule has 21 heavy (non-hydrogen) atoms. The molecular weight excluding hydrogens is 376 g/mol. The van der Waals surface area contributed by atoms with Crippen molar-refractivity contribution < 1.29 is 8.42 Å². The Balaban J connectivity index is 2.29. The van der Waals surface area contributed by atoms with Gasteiger partial charge in [0.2, 0.25) is 10.0 Å². The van der Waals surface area contributed by atoms with Crippen LogP contribution in [0.25, 0.3) is 0 Å². The van der Waals surface area contributed by atoms with Crippen molar-refractivity contribution in [2.45, 2.75) is 17.9 Å². The van der Waals surface area contributed by atoms with Crippen molar-refractivity contribution >= 4 is 43.2 Å². The fraction of sp³-hybridized carbons (Fsp3) is 0.143. The summed E-state index contributed by atoms with van der Waals surface area (Å²) in [6.45, 7) is 1.93. The van der Waals surface area contributed by atoms with Gasteiger partial charge in [-0.2, -0.15) is 0 Å². The van der Waals surface area contributed by atoms with Gasteiger partial charge in [-0.1, -0.05) is 29.8 Å². The monoisotopic (exact) mass is 388 g/mol. The number of anilines is 1. The number of benzene rings is 2. The van der Waals surface area contributed by atoms with E-state index in [2.05, 4.69) is 21.2 Å². The summed E-state index contributed by atoms with van der Waals surface area (Å²) in [4.78, 5) is 0.0961. The number of primary sulfonamides is 1. The Bertz CT molecular complexity index is 765. The minimum atomic E-state index is -3.70. The first-order valence-electron chi connectivity index (χ1n) is 6.12. The van der Waals surface area contributed by atoms with Gasteiger partial charge < -0.3 is 5.32 Å². The molecule has 0 aliphatic heterocycles. The highest BCUT2D eigenvalue weighted by atomic mass is 79.9. The van der Waals surface area contributed by atoms with Crippen LogP contribution in [0.4, 0.5) is 5.69 Å². The van der Waals surface area contributed by atoms with Crippen molar-refractivity contribution in [3.63, 3.8) is 0 Å². The molecule has 0 saturated carbocycles. The van der Waals surface area contributed by atoms with Crippen LogP contribution in [0.2, 0.25) is 5.02 Å². The molecule has 112 valence electrons. The zero-order valence-corrected chi connectivity index (χ0v) is 14.3. The second-order valence-corrected chi connectivity index (χ2v) is 7.35. The number of sulfonamides is 1. The number of halogens is 2. The van der Waals surface area contributed by atoms with Crippen LogP contribution in [-0.2, 0) is 10.0 Å². The fourth-order valence-corrected chi connectivity index (χ4v) is 3.01. The summed E-state index contributed by atoms with van der Waals surface area (Å²) in [5.74, 6) is 0. The first-order valence-corrected chi connectivity index (χ1v) is 8.84. The fourth-order valence-electron chi connectivity index (χ4n) is 1.89. The van der Waals surface area contributed by atoms with Crippen LogP contribution in [0, 0.1) is 0 Å². The average molecular weight is 390 g/mol. The molecule has 0 aliphatic rings. The van der Waals surface area contributed by atoms with E-state index in [1.807, 2.05) is 25.1 Å². The molecule has 0 radical (unpaired) electrons. The first kappa shape index (κ1) is 16.3. The van der Waals surface area contributed by atoms with Crippen LogP contribution in [0.5, 0.6) is 0 Å². The Morgan fingerprint density at radius 1 is 1.24 bits per heavy atom. The number of nitrogens with two attached hydrogens (primary N) is 1. The van der Waals surface area contributed by atoms with E-state index >= 15 is 0 Å². The molecule has 3 N–H and O–H groups in total. The molecule has 2 rings (SSSR count). The van der Waals surface area contributed by atoms with Crippen LogP contribution in [0.15, 0.2) is 51.8 Å². The van der Waals surface area contributed by atoms with E-state index in [-0.39, 0.29) is 10.9 Å². The number of hydrogen-bond donors (Lipinski definition) is 2. The topological polar surface area (TPSA) is 72.2 Å². The molecule has 0 aliphatic carbocycles. The number of rotatable bonds is 4. The van der Waals surface area contributed by atoms with Gasteiger partial charge in [-0.05, 0) is 52.7 Å². The second kappa shape index (κ2) is 6.36. The van der Waals surface area contributed by atoms with Crippen LogP contribution in [-0.4, -0.2) is 8.42 Å². The third-order valence-electron chi connectivity index (χ3n) is 3.01. The largest absolute Gasteiger partial charge is 0.378 e. The van der Waals surface area contributed by atoms with Crippen LogP contribution >= 0.6 is 27.5 Å². The highest BCUT2D eigenvalue weighted by Gasteiger charge is 2.13. The molecule has 0 spiro atoms. The Morgan fingerprint density at radius 2 is 1.90 bits per heavy atom. The molecule has 0 heterocycles. The molecular formula is C14H14BrClN2O2S. The lowest BCUT2D eigenvalue weighted by Gasteiger charge is -2.18. The van der Waals surface area contributed by atoms with Crippen molar-refractivity contribution in [3.05, 3.63) is 57.5 Å². The predicted octanol–water partition coefficient (Wildman–Crippen LogP) is 3.92. The van der Waals surface area contributed by atoms with Gasteiger partial charge in [0.15, 0.2) is 0 Å². The van der Waals surface area contributed by atoms with Crippen molar-refractivity contribution in [2.75, 3.05) is 5.32 Å². The molecule has 0 fully saturated rings. The molecule has 4 nitrogen and oxygen atoms in total. The smallest absolute Gasteiger partial charge is 0.238 e. The minimum Gasteiger partial charge on any atom is -0.378 e. The van der Waals surface area contributed by atoms with Gasteiger partial charge in [-0.15, -0.1) is 0 Å². The molecule has 7 heteroatoms. The predicted molar refractivity (Wildman–Crippen MR) is 89.0 cm³/mol. The molecule has 2 aromatic rings. The van der Waals surface area contributed by atoms with Gasteiger partial charge in [-0.3, -0.25) is 0 Å². The van der Waals surface area contributed by atoms with E-state index in [0.29, 0.717) is 5.02 Å². The van der Waals surface area contributed by atoms with Crippen molar-refractivity contribution in [3.8, 4) is 0 Å². The highest BCUT2D eigenvalue weighted by molar-refractivity contribution is 9.10. The first-order chi connectivity index (χ1) is 9.79. The van der Waals surface area contributed by atoms with Crippen LogP contribution in [0.1, 0.15) is 18.5 Å². The van der Waals surface area contributed by atoms with E-state index in [1.54, 1.807) is 18.2 Å². The van der Waals surface area contributed by atoms with Gasteiger partial charge in [-0.25, -0.2) is 13.6 Å². The lowest BCUT2D eigenvalue weighted by molar-refractivity contribution is 0.597. The molecule has 0 bridgehead atoms. The zero-order valence-electron chi connectivity index (χ0n) is 11.2. The summed E-state index contributed by atoms with van der Waals surface area (Å²) < 4.78 is 23.6. The van der Waals surface area contributed by atoms with Gasteiger partial charge in [0.1, 0.15) is 0 Å². The van der Waals surface area contributed by atoms with Crippen LogP contribution in [0.3, 0.4) is 0 Å². The van der Waals surface area contributed by atoms with E-state index in [1.165, 1.54) is 6.07 Å². The van der Waals surface area contributed by atoms with Crippen LogP contribution < -0.4 is 10.5 Å². The quantitative estimate of drug-likeness (QED) is 0.832. The summed E-state index contributed by atoms with van der Waals surface area (Å²) in [5.41, 5.74) is 1.64. The lowest BCUT2D eigenvalue weighted by Crippen LogP contribution is -2.13. The normalized spacial score (nSPS) is 13.0. The third-order valence-corrected chi connectivity index (χ3v) is 5.32. The number of hydrogen-bond acceptors (Lipinski definition) is 3. The average Bonchev–Trinajstić information content (AvgIpc) is 2.43. The van der Waals surface area contributed by atoms with E-state index in [0.717, 1.165) is 15.7 Å². The minimum absolute atomic E-state index is 0.0961. The Hall–Kier alpha value is -1.08. The number of nitrogens with one attached hydrogen (secondary N) is 1. The molecule has 0 amide bonds. The summed E-state index contributed by atoms with van der Waals surface area (Å²) >= 11 is 9.46. The Morgan fingerprint density at radius 3 is 2.57 bits per heavy atom. The molecule has 0 saturated heterocycles. The van der Waals surface area contributed by atoms with Gasteiger partial charge >= 0.3 is 0 Å². The van der Waals surface area contributed by atoms with E-state index in [9.17, 15) is 8.42 Å². The summed E-state index contributed by atoms with van der Waals surface area (Å²) in [7, 11) is -3.70. The summed E-state index contributed by atoms with van der Waals surface area (Å²) in [5, 5.41) is 9.03. The lowest BCUT2D eigenvalue weighted by atomic mass is 10.1. The van der Waals surface area contributed by atoms with Gasteiger partial charge in [0, 0.05) is 6.04 Å². The van der Waals surface area contributed by atoms with Gasteiger partial charge in [0.25, 0.3) is 0 Å². The highest BCUT2D eigenvalue weighted by Crippen LogP contribution is 2.32. The maximum atomic E-state index is 11.4. The van der Waals surface area contributed by atoms with Crippen molar-refractivity contribution in [2.24, 2.45) is 5.14 Å². The summed E-state index contributed by atoms with van der Waals surface area (Å²) in [6.07, 6.45) is 0. The second-order valence-electron chi connectivity index (χ2n) is 4.58. The maximum Gasteiger partial charge on any atom is 0.238 e. The summed E-state index contributed by atoms with van der Waals surface area (Å²) in [6, 6.07) is 11.9. The SMILES string of the molecule is CC(Nc1cccc(Cl)c1Br)c1cccc(S(N)(=O)=O)c1. The zero-order chi connectivity index (χ0) is 15.6.